The van der Waals surface area contributed by atoms with Gasteiger partial charge in [-0.3, -0.25) is 4.79 Å². The number of benzene rings is 3. The van der Waals surface area contributed by atoms with Crippen LogP contribution in [0.5, 0.6) is 11.5 Å². The van der Waals surface area contributed by atoms with Crippen LogP contribution in [0.2, 0.25) is 0 Å². The van der Waals surface area contributed by atoms with Crippen molar-refractivity contribution in [1.82, 2.24) is 4.67 Å². The van der Waals surface area contributed by atoms with Crippen LogP contribution >= 0.6 is 8.53 Å². The molecule has 0 bridgehead atoms. The van der Waals surface area contributed by atoms with Gasteiger partial charge in [0.2, 0.25) is 0 Å². The molecule has 10 nitrogen and oxygen atoms in total. The predicted molar refractivity (Wildman–Crippen MR) is 186 cm³/mol. The Balaban J connectivity index is 1.63. The normalized spacial score (nSPS) is 12.3. The number of carbonyl (C=O) groups is 1. The van der Waals surface area contributed by atoms with E-state index in [2.05, 4.69) is 38.4 Å². The number of methoxy groups -OCH3 is 2. The molecule has 3 aromatic carbocycles. The number of aldehydes is 1. The van der Waals surface area contributed by atoms with Crippen molar-refractivity contribution in [3.05, 3.63) is 95.1 Å². The Kier molecular flexibility index (Phi) is 17.0. The van der Waals surface area contributed by atoms with Crippen LogP contribution in [0, 0.1) is 11.3 Å². The van der Waals surface area contributed by atoms with E-state index in [0.717, 1.165) is 34.5 Å². The minimum Gasteiger partial charge on any atom is -0.497 e. The van der Waals surface area contributed by atoms with Crippen LogP contribution < -0.4 is 9.47 Å². The maximum Gasteiger partial charge on any atom is 0.259 e. The number of carbonyl (C=O) groups excluding carboxylic acids is 1. The van der Waals surface area contributed by atoms with Crippen LogP contribution in [-0.2, 0) is 28.9 Å². The highest BCUT2D eigenvalue weighted by atomic mass is 31.2. The molecule has 0 aliphatic carbocycles. The van der Waals surface area contributed by atoms with E-state index in [0.29, 0.717) is 51.6 Å². The molecule has 0 aliphatic rings. The molecule has 0 amide bonds. The molecule has 0 aliphatic heterocycles. The Hall–Kier alpha value is -3.39. The molecule has 0 aromatic heterocycles. The molecule has 3 rings (SSSR count). The first kappa shape index (κ1) is 39.1. The van der Waals surface area contributed by atoms with Crippen molar-refractivity contribution in [2.24, 2.45) is 0 Å². The Bertz CT molecular complexity index is 1320. The lowest BCUT2D eigenvalue weighted by atomic mass is 9.79. The highest BCUT2D eigenvalue weighted by Gasteiger charge is 2.38. The van der Waals surface area contributed by atoms with Crippen LogP contribution in [0.1, 0.15) is 61.2 Å². The lowest BCUT2D eigenvalue weighted by Gasteiger charge is -2.36. The molecule has 0 radical (unpaired) electrons. The van der Waals surface area contributed by atoms with Crippen molar-refractivity contribution in [1.29, 1.82) is 5.26 Å². The molecule has 3 aromatic rings. The van der Waals surface area contributed by atoms with E-state index in [-0.39, 0.29) is 18.7 Å². The SMILES string of the molecule is COc1ccc(C(OCCOCCOCCOP(OCCC#N)N(C(C)C)C(C)C)(c2ccc(C=O)cc2)c2ccc(OC)cc2)cc1. The van der Waals surface area contributed by atoms with Gasteiger partial charge in [0.05, 0.1) is 73.0 Å². The molecule has 1 atom stereocenters. The van der Waals surface area contributed by atoms with E-state index in [9.17, 15) is 4.79 Å². The molecule has 48 heavy (non-hydrogen) atoms. The summed E-state index contributed by atoms with van der Waals surface area (Å²) in [6, 6.07) is 25.5. The first-order valence-electron chi connectivity index (χ1n) is 16.2. The lowest BCUT2D eigenvalue weighted by Crippen LogP contribution is -2.34. The fourth-order valence-electron chi connectivity index (χ4n) is 5.26. The molecule has 1 unspecified atom stereocenters. The van der Waals surface area contributed by atoms with Crippen LogP contribution in [0.4, 0.5) is 0 Å². The molecule has 260 valence electrons. The third-order valence-corrected chi connectivity index (χ3v) is 9.56. The Morgan fingerprint density at radius 1 is 0.688 bits per heavy atom. The quantitative estimate of drug-likeness (QED) is 0.0443. The first-order valence-corrected chi connectivity index (χ1v) is 17.3. The summed E-state index contributed by atoms with van der Waals surface area (Å²) in [4.78, 5) is 11.4. The molecule has 0 saturated carbocycles. The topological polar surface area (TPSA) is 109 Å². The Labute approximate surface area is 286 Å². The minimum absolute atomic E-state index is 0.235. The molecule has 0 N–H and O–H groups in total. The van der Waals surface area contributed by atoms with Crippen molar-refractivity contribution >= 4 is 14.8 Å². The smallest absolute Gasteiger partial charge is 0.259 e. The Morgan fingerprint density at radius 3 is 1.56 bits per heavy atom. The van der Waals surface area contributed by atoms with Crippen molar-refractivity contribution in [2.75, 3.05) is 60.5 Å². The van der Waals surface area contributed by atoms with Crippen molar-refractivity contribution in [3.63, 3.8) is 0 Å². The number of nitriles is 1. The lowest BCUT2D eigenvalue weighted by molar-refractivity contribution is -0.0347. The number of nitrogens with zero attached hydrogens (tertiary/aromatic N) is 2. The molecule has 11 heteroatoms. The second-order valence-corrected chi connectivity index (χ2v) is 12.8. The summed E-state index contributed by atoms with van der Waals surface area (Å²) in [5.74, 6) is 1.46. The molecule has 0 saturated heterocycles. The van der Waals surface area contributed by atoms with Crippen LogP contribution in [0.15, 0.2) is 72.8 Å². The summed E-state index contributed by atoms with van der Waals surface area (Å²) in [7, 11) is 1.96. The molecular weight excluding hydrogens is 631 g/mol. The van der Waals surface area contributed by atoms with E-state index in [1.807, 2.05) is 60.7 Å². The number of hydrogen-bond acceptors (Lipinski definition) is 10. The molecular formula is C37H49N2O8P. The van der Waals surface area contributed by atoms with Gasteiger partial charge >= 0.3 is 0 Å². The van der Waals surface area contributed by atoms with E-state index >= 15 is 0 Å². The maximum atomic E-state index is 11.4. The summed E-state index contributed by atoms with van der Waals surface area (Å²) in [6.07, 6.45) is 1.14. The fraction of sp³-hybridized carbons (Fsp3) is 0.459. The van der Waals surface area contributed by atoms with Gasteiger partial charge in [-0.05, 0) is 68.7 Å². The second kappa shape index (κ2) is 20.9. The third-order valence-electron chi connectivity index (χ3n) is 7.46. The molecule has 0 fully saturated rings. The summed E-state index contributed by atoms with van der Waals surface area (Å²) >= 11 is 0. The van der Waals surface area contributed by atoms with Crippen molar-refractivity contribution in [3.8, 4) is 17.6 Å². The van der Waals surface area contributed by atoms with Gasteiger partial charge < -0.3 is 32.7 Å². The van der Waals surface area contributed by atoms with Gasteiger partial charge in [-0.2, -0.15) is 5.26 Å². The van der Waals surface area contributed by atoms with Crippen molar-refractivity contribution in [2.45, 2.75) is 51.8 Å². The zero-order chi connectivity index (χ0) is 34.8. The van der Waals surface area contributed by atoms with Crippen LogP contribution in [0.25, 0.3) is 0 Å². The van der Waals surface area contributed by atoms with Gasteiger partial charge in [-0.25, -0.2) is 4.67 Å². The third kappa shape index (κ3) is 11.1. The highest BCUT2D eigenvalue weighted by Crippen LogP contribution is 2.46. The minimum atomic E-state index is -1.30. The second-order valence-electron chi connectivity index (χ2n) is 11.3. The van der Waals surface area contributed by atoms with E-state index in [4.69, 9.17) is 38.0 Å². The Morgan fingerprint density at radius 2 is 1.12 bits per heavy atom. The van der Waals surface area contributed by atoms with Gasteiger partial charge in [0.1, 0.15) is 23.4 Å². The zero-order valence-corrected chi connectivity index (χ0v) is 29.8. The first-order chi connectivity index (χ1) is 23.3. The largest absolute Gasteiger partial charge is 0.497 e. The average Bonchev–Trinajstić information content (AvgIpc) is 3.10. The fourth-order valence-corrected chi connectivity index (χ4v) is 6.83. The van der Waals surface area contributed by atoms with Crippen LogP contribution in [0.3, 0.4) is 0 Å². The highest BCUT2D eigenvalue weighted by molar-refractivity contribution is 7.44. The van der Waals surface area contributed by atoms with Gasteiger partial charge in [0, 0.05) is 17.6 Å². The van der Waals surface area contributed by atoms with E-state index in [1.54, 1.807) is 26.4 Å². The maximum absolute atomic E-state index is 11.4. The molecule has 0 heterocycles. The van der Waals surface area contributed by atoms with Gasteiger partial charge in [-0.15, -0.1) is 0 Å². The van der Waals surface area contributed by atoms with Gasteiger partial charge in [0.15, 0.2) is 0 Å². The van der Waals surface area contributed by atoms with Gasteiger partial charge in [0.25, 0.3) is 8.53 Å². The summed E-state index contributed by atoms with van der Waals surface area (Å²) < 4.78 is 43.5. The monoisotopic (exact) mass is 680 g/mol. The zero-order valence-electron chi connectivity index (χ0n) is 28.9. The summed E-state index contributed by atoms with van der Waals surface area (Å²) in [5, 5.41) is 8.90. The van der Waals surface area contributed by atoms with Crippen molar-refractivity contribution < 1.29 is 37.5 Å². The predicted octanol–water partition coefficient (Wildman–Crippen LogP) is 7.15. The van der Waals surface area contributed by atoms with E-state index in [1.165, 1.54) is 0 Å². The standard InChI is InChI=1S/C37H49N2O8P/c1-29(2)39(30(3)4)48(46-21-7-20-38)47-27-25-44-23-22-43-24-26-45-37(32-10-8-31(28-40)9-11-32,33-12-16-35(41-5)17-13-33)34-14-18-36(42-6)19-15-34/h8-19,28-30H,7,21-27H2,1-6H3. The number of hydrogen-bond donors (Lipinski definition) is 0. The summed E-state index contributed by atoms with van der Waals surface area (Å²) in [6.45, 7) is 10.9. The van der Waals surface area contributed by atoms with Crippen LogP contribution in [-0.4, -0.2) is 83.5 Å². The summed E-state index contributed by atoms with van der Waals surface area (Å²) in [5.41, 5.74) is 2.20. The molecule has 0 spiro atoms. The average molecular weight is 681 g/mol. The van der Waals surface area contributed by atoms with Gasteiger partial charge in [-0.1, -0.05) is 48.5 Å². The number of rotatable bonds is 23. The van der Waals surface area contributed by atoms with E-state index < -0.39 is 14.1 Å². The number of ether oxygens (including phenoxy) is 5.